The molecule has 2 amide bonds. The number of nitrogens with zero attached hydrogens (tertiary/aromatic N) is 2. The van der Waals surface area contributed by atoms with Gasteiger partial charge in [-0.25, -0.2) is 0 Å². The van der Waals surface area contributed by atoms with Crippen molar-refractivity contribution in [3.05, 3.63) is 59.7 Å². The van der Waals surface area contributed by atoms with E-state index in [1.54, 1.807) is 9.80 Å². The van der Waals surface area contributed by atoms with Gasteiger partial charge in [0.15, 0.2) is 0 Å². The lowest BCUT2D eigenvalue weighted by atomic mass is 10.1. The first-order chi connectivity index (χ1) is 14.0. The fourth-order valence-corrected chi connectivity index (χ4v) is 3.56. The number of rotatable bonds is 6. The molecule has 8 nitrogen and oxygen atoms in total. The minimum atomic E-state index is -2.46. The van der Waals surface area contributed by atoms with Gasteiger partial charge in [0.1, 0.15) is 5.75 Å². The third-order valence-corrected chi connectivity index (χ3v) is 5.15. The molecule has 0 bridgehead atoms. The van der Waals surface area contributed by atoms with Crippen LogP contribution in [0.15, 0.2) is 48.5 Å². The Morgan fingerprint density at radius 1 is 1.07 bits per heavy atom. The Morgan fingerprint density at radius 3 is 2.34 bits per heavy atom. The molecule has 9 heteroatoms. The van der Waals surface area contributed by atoms with Crippen LogP contribution < -0.4 is 9.46 Å². The van der Waals surface area contributed by atoms with Gasteiger partial charge in [-0.15, -0.1) is 0 Å². The molecule has 1 atom stereocenters. The van der Waals surface area contributed by atoms with Crippen molar-refractivity contribution in [1.82, 2.24) is 9.80 Å². The van der Waals surface area contributed by atoms with Crippen molar-refractivity contribution in [2.75, 3.05) is 38.0 Å². The zero-order valence-electron chi connectivity index (χ0n) is 16.0. The molecular weight excluding hydrogens is 394 g/mol. The quantitative estimate of drug-likeness (QED) is 0.718. The second-order valence-electron chi connectivity index (χ2n) is 6.59. The average molecular weight is 416 g/mol. The summed E-state index contributed by atoms with van der Waals surface area (Å²) in [6.45, 7) is 1.78. The molecule has 0 spiro atoms. The van der Waals surface area contributed by atoms with Gasteiger partial charge in [0.25, 0.3) is 5.91 Å². The highest BCUT2D eigenvalue weighted by atomic mass is 32.2. The number of anilines is 1. The van der Waals surface area contributed by atoms with Gasteiger partial charge in [-0.05, 0) is 17.7 Å². The van der Waals surface area contributed by atoms with E-state index in [0.29, 0.717) is 43.9 Å². The molecule has 1 saturated heterocycles. The summed E-state index contributed by atoms with van der Waals surface area (Å²) in [5.41, 5.74) is 1.62. The fraction of sp³-hybridized carbons (Fsp3) is 0.300. The molecule has 1 fully saturated rings. The van der Waals surface area contributed by atoms with Crippen LogP contribution >= 0.6 is 0 Å². The summed E-state index contributed by atoms with van der Waals surface area (Å²) in [7, 11) is 1.42. The number of carbonyl (C=O) groups excluding carboxylic acids is 2. The molecule has 3 rings (SSSR count). The van der Waals surface area contributed by atoms with Gasteiger partial charge in [0, 0.05) is 49.2 Å². The van der Waals surface area contributed by atoms with E-state index in [0.717, 1.165) is 5.56 Å². The van der Waals surface area contributed by atoms with Gasteiger partial charge in [-0.1, -0.05) is 30.3 Å². The molecule has 2 aromatic carbocycles. The van der Waals surface area contributed by atoms with Crippen molar-refractivity contribution >= 4 is 28.8 Å². The third-order valence-electron chi connectivity index (χ3n) is 4.75. The predicted octanol–water partition coefficient (Wildman–Crippen LogP) is 1.43. The molecule has 0 saturated carbocycles. The minimum Gasteiger partial charge on any atom is -0.755 e. The molecule has 1 N–H and O–H groups in total. The van der Waals surface area contributed by atoms with Gasteiger partial charge < -0.3 is 23.8 Å². The van der Waals surface area contributed by atoms with Crippen molar-refractivity contribution < 1.29 is 23.1 Å². The highest BCUT2D eigenvalue weighted by Gasteiger charge is 2.26. The summed E-state index contributed by atoms with van der Waals surface area (Å²) in [5, 5.41) is 0. The summed E-state index contributed by atoms with van der Waals surface area (Å²) in [4.78, 5) is 28.8. The van der Waals surface area contributed by atoms with Crippen LogP contribution in [0.5, 0.6) is 5.75 Å². The standard InChI is InChI=1S/C20H23N3O5S/c1-28-18-14-16(21-29(26)27)7-8-17(18)20(25)23-11-9-22(10-12-23)19(24)13-15-5-3-2-4-6-15/h2-8,14,21H,9-13H2,1H3,(H,26,27)/p-1. The zero-order chi connectivity index (χ0) is 20.8. The maximum Gasteiger partial charge on any atom is 0.257 e. The highest BCUT2D eigenvalue weighted by molar-refractivity contribution is 7.80. The Morgan fingerprint density at radius 2 is 1.72 bits per heavy atom. The van der Waals surface area contributed by atoms with Crippen molar-refractivity contribution in [3.8, 4) is 5.75 Å². The second-order valence-corrected chi connectivity index (χ2v) is 7.26. The predicted molar refractivity (Wildman–Crippen MR) is 108 cm³/mol. The Kier molecular flexibility index (Phi) is 6.84. The number of carbonyl (C=O) groups is 2. The second kappa shape index (κ2) is 9.53. The normalized spacial score (nSPS) is 15.0. The smallest absolute Gasteiger partial charge is 0.257 e. The maximum atomic E-state index is 12.9. The number of nitrogens with one attached hydrogen (secondary N) is 1. The third kappa shape index (κ3) is 5.33. The number of hydrogen-bond acceptors (Lipinski definition) is 5. The van der Waals surface area contributed by atoms with Crippen LogP contribution in [0.25, 0.3) is 0 Å². The van der Waals surface area contributed by atoms with Crippen LogP contribution in [-0.2, 0) is 22.5 Å². The fourth-order valence-electron chi connectivity index (χ4n) is 3.24. The van der Waals surface area contributed by atoms with E-state index < -0.39 is 11.3 Å². The van der Waals surface area contributed by atoms with Crippen molar-refractivity contribution in [2.45, 2.75) is 6.42 Å². The maximum absolute atomic E-state index is 12.9. The first-order valence-corrected chi connectivity index (χ1v) is 10.2. The largest absolute Gasteiger partial charge is 0.755 e. The van der Waals surface area contributed by atoms with E-state index in [2.05, 4.69) is 4.72 Å². The molecular formula is C20H22N3O5S-. The number of amides is 2. The molecule has 1 heterocycles. The van der Waals surface area contributed by atoms with E-state index in [1.807, 2.05) is 30.3 Å². The Labute approximate surface area is 171 Å². The summed E-state index contributed by atoms with van der Waals surface area (Å²) >= 11 is -2.46. The number of piperazine rings is 1. The molecule has 1 unspecified atom stereocenters. The van der Waals surface area contributed by atoms with Crippen molar-refractivity contribution in [1.29, 1.82) is 0 Å². The average Bonchev–Trinajstić information content (AvgIpc) is 2.73. The molecule has 1 aliphatic heterocycles. The highest BCUT2D eigenvalue weighted by Crippen LogP contribution is 2.25. The van der Waals surface area contributed by atoms with Gasteiger partial charge in [0.05, 0.1) is 19.1 Å². The molecule has 0 aliphatic carbocycles. The Hall–Kier alpha value is -2.91. The van der Waals surface area contributed by atoms with E-state index in [9.17, 15) is 18.4 Å². The van der Waals surface area contributed by atoms with E-state index in [1.165, 1.54) is 25.3 Å². The molecule has 2 aromatic rings. The SMILES string of the molecule is COc1cc(NS(=O)[O-])ccc1C(=O)N1CCN(C(=O)Cc2ccccc2)CC1. The lowest BCUT2D eigenvalue weighted by molar-refractivity contribution is -0.131. The van der Waals surface area contributed by atoms with Crippen molar-refractivity contribution in [2.24, 2.45) is 0 Å². The molecule has 1 aliphatic rings. The lowest BCUT2D eigenvalue weighted by Crippen LogP contribution is -2.51. The molecule has 29 heavy (non-hydrogen) atoms. The summed E-state index contributed by atoms with van der Waals surface area (Å²) in [6, 6.07) is 14.1. The Balaban J connectivity index is 1.61. The number of methoxy groups -OCH3 is 1. The van der Waals surface area contributed by atoms with Crippen LogP contribution in [0.3, 0.4) is 0 Å². The lowest BCUT2D eigenvalue weighted by Gasteiger charge is -2.35. The van der Waals surface area contributed by atoms with Crippen molar-refractivity contribution in [3.63, 3.8) is 0 Å². The molecule has 0 aromatic heterocycles. The number of hydrogen-bond donors (Lipinski definition) is 1. The number of ether oxygens (including phenoxy) is 1. The van der Waals surface area contributed by atoms with Gasteiger partial charge in [-0.3, -0.25) is 13.8 Å². The van der Waals surface area contributed by atoms with E-state index in [-0.39, 0.29) is 17.6 Å². The van der Waals surface area contributed by atoms with Crippen LogP contribution in [0.4, 0.5) is 5.69 Å². The number of benzene rings is 2. The first-order valence-electron chi connectivity index (χ1n) is 9.13. The van der Waals surface area contributed by atoms with Gasteiger partial charge in [0.2, 0.25) is 5.91 Å². The zero-order valence-corrected chi connectivity index (χ0v) is 16.8. The van der Waals surface area contributed by atoms with Crippen LogP contribution in [-0.4, -0.2) is 63.7 Å². The molecule has 154 valence electrons. The summed E-state index contributed by atoms with van der Waals surface area (Å²) in [5.74, 6) is 0.113. The van der Waals surface area contributed by atoms with Crippen LogP contribution in [0.1, 0.15) is 15.9 Å². The van der Waals surface area contributed by atoms with E-state index in [4.69, 9.17) is 4.74 Å². The monoisotopic (exact) mass is 416 g/mol. The topological polar surface area (TPSA) is 102 Å². The van der Waals surface area contributed by atoms with E-state index >= 15 is 0 Å². The van der Waals surface area contributed by atoms with Crippen LogP contribution in [0.2, 0.25) is 0 Å². The van der Waals surface area contributed by atoms with Crippen LogP contribution in [0, 0.1) is 0 Å². The molecule has 0 radical (unpaired) electrons. The minimum absolute atomic E-state index is 0.0434. The van der Waals surface area contributed by atoms with Gasteiger partial charge in [-0.2, -0.15) is 0 Å². The summed E-state index contributed by atoms with van der Waals surface area (Å²) in [6.07, 6.45) is 0.345. The summed E-state index contributed by atoms with van der Waals surface area (Å²) < 4.78 is 29.0. The first kappa shape index (κ1) is 20.8. The Bertz CT molecular complexity index is 898. The van der Waals surface area contributed by atoms with Gasteiger partial charge >= 0.3 is 0 Å².